The van der Waals surface area contributed by atoms with Crippen molar-refractivity contribution < 1.29 is 4.79 Å². The summed E-state index contributed by atoms with van der Waals surface area (Å²) in [7, 11) is 1.67. The summed E-state index contributed by atoms with van der Waals surface area (Å²) in [6.07, 6.45) is 3.09. The molecule has 0 saturated carbocycles. The minimum atomic E-state index is -0.365. The second-order valence-corrected chi connectivity index (χ2v) is 6.33. The maximum atomic E-state index is 12.6. The normalized spacial score (nSPS) is 12.0. The highest BCUT2D eigenvalue weighted by atomic mass is 16.2. The molecule has 0 aliphatic rings. The van der Waals surface area contributed by atoms with E-state index in [1.54, 1.807) is 25.0 Å². The van der Waals surface area contributed by atoms with E-state index in [1.165, 1.54) is 10.9 Å². The first-order valence-corrected chi connectivity index (χ1v) is 8.31. The second-order valence-electron chi connectivity index (χ2n) is 6.33. The van der Waals surface area contributed by atoms with Crippen LogP contribution in [0.4, 0.5) is 0 Å². The molecule has 1 N–H and O–H groups in total. The third-order valence-electron chi connectivity index (χ3n) is 4.52. The number of aryl methyl sites for hydroxylation is 2. The van der Waals surface area contributed by atoms with Crippen LogP contribution in [-0.4, -0.2) is 25.2 Å². The largest absolute Gasteiger partial charge is 0.345 e. The first kappa shape index (κ1) is 17.6. The number of amides is 1. The number of hydrogen-bond acceptors (Lipinski definition) is 4. The van der Waals surface area contributed by atoms with Gasteiger partial charge in [0.15, 0.2) is 0 Å². The van der Waals surface area contributed by atoms with E-state index in [-0.39, 0.29) is 23.1 Å². The summed E-state index contributed by atoms with van der Waals surface area (Å²) in [4.78, 5) is 29.0. The zero-order valence-corrected chi connectivity index (χ0v) is 15.2. The third kappa shape index (κ3) is 3.28. The molecule has 3 aromatic rings. The van der Waals surface area contributed by atoms with Crippen molar-refractivity contribution >= 4 is 5.91 Å². The molecule has 1 atom stereocenters. The van der Waals surface area contributed by atoms with E-state index in [0.717, 1.165) is 16.9 Å². The first-order chi connectivity index (χ1) is 12.4. The van der Waals surface area contributed by atoms with Crippen molar-refractivity contribution in [2.45, 2.75) is 26.8 Å². The lowest BCUT2D eigenvalue weighted by Crippen LogP contribution is -2.35. The van der Waals surface area contributed by atoms with Crippen LogP contribution in [0.2, 0.25) is 0 Å². The number of carbonyl (C=O) groups excluding carboxylic acids is 1. The van der Waals surface area contributed by atoms with E-state index >= 15 is 0 Å². The number of carbonyl (C=O) groups is 1. The lowest BCUT2D eigenvalue weighted by molar-refractivity contribution is 0.0937. The average molecular weight is 351 g/mol. The highest BCUT2D eigenvalue weighted by Crippen LogP contribution is 2.16. The van der Waals surface area contributed by atoms with Crippen molar-refractivity contribution in [2.75, 3.05) is 0 Å². The van der Waals surface area contributed by atoms with Crippen molar-refractivity contribution in [3.63, 3.8) is 0 Å². The predicted octanol–water partition coefficient (Wildman–Crippen LogP) is 2.07. The molecule has 0 aliphatic carbocycles. The number of pyridine rings is 1. The maximum absolute atomic E-state index is 12.6. The van der Waals surface area contributed by atoms with Gasteiger partial charge in [-0.3, -0.25) is 9.59 Å². The number of rotatable bonds is 4. The smallest absolute Gasteiger partial charge is 0.263 e. The number of nitrogens with zero attached hydrogens (tertiary/aromatic N) is 4. The molecule has 134 valence electrons. The van der Waals surface area contributed by atoms with Gasteiger partial charge in [0.2, 0.25) is 0 Å². The van der Waals surface area contributed by atoms with Crippen molar-refractivity contribution in [3.8, 4) is 5.69 Å². The van der Waals surface area contributed by atoms with Crippen LogP contribution in [0.5, 0.6) is 0 Å². The number of nitrogens with one attached hydrogen (secondary N) is 1. The summed E-state index contributed by atoms with van der Waals surface area (Å²) in [5.41, 5.74) is 3.22. The van der Waals surface area contributed by atoms with Crippen LogP contribution in [0.1, 0.15) is 40.1 Å². The fraction of sp³-hybridized carbons (Fsp3) is 0.263. The Morgan fingerprint density at radius 2 is 1.88 bits per heavy atom. The summed E-state index contributed by atoms with van der Waals surface area (Å²) in [5, 5.41) is 6.99. The van der Waals surface area contributed by atoms with Crippen molar-refractivity contribution in [1.29, 1.82) is 0 Å². The van der Waals surface area contributed by atoms with E-state index in [2.05, 4.69) is 15.4 Å². The Hall–Kier alpha value is -3.22. The number of benzene rings is 1. The molecule has 0 spiro atoms. The van der Waals surface area contributed by atoms with E-state index in [0.29, 0.717) is 5.56 Å². The van der Waals surface area contributed by atoms with Crippen LogP contribution < -0.4 is 10.9 Å². The SMILES string of the molecule is Cc1cc(C)n(C)c(=O)c1C(=O)N[C@H](C)c1ccc(-n2cncn2)cc1. The molecule has 1 aromatic carbocycles. The zero-order valence-electron chi connectivity index (χ0n) is 15.2. The van der Waals surface area contributed by atoms with Crippen LogP contribution in [0.25, 0.3) is 5.69 Å². The Kier molecular flexibility index (Phi) is 4.71. The lowest BCUT2D eigenvalue weighted by atomic mass is 10.1. The van der Waals surface area contributed by atoms with E-state index in [9.17, 15) is 9.59 Å². The van der Waals surface area contributed by atoms with Gasteiger partial charge in [-0.25, -0.2) is 9.67 Å². The Bertz CT molecular complexity index is 988. The highest BCUT2D eigenvalue weighted by molar-refractivity contribution is 5.95. The molecule has 7 heteroatoms. The fourth-order valence-corrected chi connectivity index (χ4v) is 2.86. The molecule has 1 amide bonds. The molecule has 0 radical (unpaired) electrons. The molecule has 0 saturated heterocycles. The standard InChI is InChI=1S/C19H21N5O2/c1-12-9-13(2)23(4)19(26)17(12)18(25)22-14(3)15-5-7-16(8-6-15)24-11-20-10-21-24/h5-11,14H,1-4H3,(H,22,25)/t14-/m1/s1. The van der Waals surface area contributed by atoms with Crippen LogP contribution in [-0.2, 0) is 7.05 Å². The monoisotopic (exact) mass is 351 g/mol. The minimum Gasteiger partial charge on any atom is -0.345 e. The molecule has 0 bridgehead atoms. The van der Waals surface area contributed by atoms with Gasteiger partial charge >= 0.3 is 0 Å². The fourth-order valence-electron chi connectivity index (χ4n) is 2.86. The van der Waals surface area contributed by atoms with Crippen LogP contribution >= 0.6 is 0 Å². The molecule has 7 nitrogen and oxygen atoms in total. The number of hydrogen-bond donors (Lipinski definition) is 1. The van der Waals surface area contributed by atoms with Crippen molar-refractivity contribution in [3.05, 3.63) is 75.7 Å². The van der Waals surface area contributed by atoms with Gasteiger partial charge in [0.05, 0.1) is 11.7 Å². The lowest BCUT2D eigenvalue weighted by Gasteiger charge is -2.16. The van der Waals surface area contributed by atoms with Crippen molar-refractivity contribution in [1.82, 2.24) is 24.6 Å². The molecular formula is C19H21N5O2. The van der Waals surface area contributed by atoms with Gasteiger partial charge in [0, 0.05) is 12.7 Å². The van der Waals surface area contributed by atoms with E-state index < -0.39 is 0 Å². The van der Waals surface area contributed by atoms with Gasteiger partial charge in [0.25, 0.3) is 11.5 Å². The topological polar surface area (TPSA) is 81.8 Å². The Morgan fingerprint density at radius 3 is 2.50 bits per heavy atom. The Balaban J connectivity index is 1.80. The Morgan fingerprint density at radius 1 is 1.19 bits per heavy atom. The molecule has 3 rings (SSSR count). The van der Waals surface area contributed by atoms with Gasteiger partial charge in [0.1, 0.15) is 18.2 Å². The molecule has 2 heterocycles. The van der Waals surface area contributed by atoms with Gasteiger partial charge in [-0.15, -0.1) is 0 Å². The second kappa shape index (κ2) is 6.95. The molecule has 0 fully saturated rings. The summed E-state index contributed by atoms with van der Waals surface area (Å²) < 4.78 is 3.14. The molecular weight excluding hydrogens is 330 g/mol. The average Bonchev–Trinajstić information content (AvgIpc) is 3.14. The summed E-state index contributed by atoms with van der Waals surface area (Å²) in [6.45, 7) is 5.51. The quantitative estimate of drug-likeness (QED) is 0.780. The molecule has 2 aromatic heterocycles. The Labute approximate surface area is 151 Å². The van der Waals surface area contributed by atoms with Gasteiger partial charge < -0.3 is 9.88 Å². The van der Waals surface area contributed by atoms with Crippen LogP contribution in [0.3, 0.4) is 0 Å². The zero-order chi connectivity index (χ0) is 18.8. The molecule has 0 aliphatic heterocycles. The van der Waals surface area contributed by atoms with Gasteiger partial charge in [-0.1, -0.05) is 12.1 Å². The maximum Gasteiger partial charge on any atom is 0.263 e. The summed E-state index contributed by atoms with van der Waals surface area (Å²) in [5.74, 6) is -0.365. The van der Waals surface area contributed by atoms with Crippen LogP contribution in [0.15, 0.2) is 47.8 Å². The first-order valence-electron chi connectivity index (χ1n) is 8.31. The summed E-state index contributed by atoms with van der Waals surface area (Å²) in [6, 6.07) is 9.25. The van der Waals surface area contributed by atoms with Gasteiger partial charge in [-0.05, 0) is 50.1 Å². The third-order valence-corrected chi connectivity index (χ3v) is 4.52. The van der Waals surface area contributed by atoms with Crippen LogP contribution in [0, 0.1) is 13.8 Å². The molecule has 26 heavy (non-hydrogen) atoms. The molecule has 0 unspecified atom stereocenters. The minimum absolute atomic E-state index is 0.184. The van der Waals surface area contributed by atoms with E-state index in [4.69, 9.17) is 0 Å². The van der Waals surface area contributed by atoms with Gasteiger partial charge in [-0.2, -0.15) is 5.10 Å². The number of aromatic nitrogens is 4. The predicted molar refractivity (Wildman–Crippen MR) is 98.4 cm³/mol. The summed E-state index contributed by atoms with van der Waals surface area (Å²) >= 11 is 0. The van der Waals surface area contributed by atoms with E-state index in [1.807, 2.05) is 44.2 Å². The van der Waals surface area contributed by atoms with Crippen molar-refractivity contribution in [2.24, 2.45) is 7.05 Å². The highest BCUT2D eigenvalue weighted by Gasteiger charge is 2.18.